The Hall–Kier alpha value is -0.970. The maximum Gasteiger partial charge on any atom is 0.191 e. The van der Waals surface area contributed by atoms with E-state index in [-0.39, 0.29) is 0 Å². The van der Waals surface area contributed by atoms with Crippen molar-refractivity contribution in [2.75, 3.05) is 30.1 Å². The maximum atomic E-state index is 4.64. The molecule has 1 aromatic rings. The normalized spacial score (nSPS) is 10.8. The van der Waals surface area contributed by atoms with Gasteiger partial charge >= 0.3 is 0 Å². The first-order valence-corrected chi connectivity index (χ1v) is 8.22. The van der Waals surface area contributed by atoms with Gasteiger partial charge in [-0.05, 0) is 26.5 Å². The summed E-state index contributed by atoms with van der Waals surface area (Å²) in [4.78, 5) is 11.4. The number of hydrogen-bond donors (Lipinski definition) is 1. The molecule has 0 atom stereocenters. The average molecular weight is 282 g/mol. The van der Waals surface area contributed by atoms with Crippen LogP contribution in [0.1, 0.15) is 40.0 Å². The van der Waals surface area contributed by atoms with Gasteiger partial charge in [-0.1, -0.05) is 31.5 Å². The SMILES string of the molecule is CCCCCN(c1cc(NC)nc(SC)n1)C(C)C. The minimum absolute atomic E-state index is 0.450. The molecular weight excluding hydrogens is 256 g/mol. The topological polar surface area (TPSA) is 41.0 Å². The molecule has 0 saturated heterocycles. The van der Waals surface area contributed by atoms with Gasteiger partial charge in [0.2, 0.25) is 0 Å². The molecule has 0 aliphatic heterocycles. The van der Waals surface area contributed by atoms with Gasteiger partial charge in [-0.3, -0.25) is 0 Å². The summed E-state index contributed by atoms with van der Waals surface area (Å²) in [7, 11) is 1.90. The quantitative estimate of drug-likeness (QED) is 0.448. The second kappa shape index (κ2) is 8.25. The molecule has 4 nitrogen and oxygen atoms in total. The molecule has 0 saturated carbocycles. The zero-order chi connectivity index (χ0) is 14.3. The highest BCUT2D eigenvalue weighted by atomic mass is 32.2. The third kappa shape index (κ3) is 4.90. The lowest BCUT2D eigenvalue weighted by atomic mass is 10.2. The Morgan fingerprint density at radius 3 is 2.58 bits per heavy atom. The standard InChI is InChI=1S/C14H26N4S/c1-6-7-8-9-18(11(2)3)13-10-12(15-4)16-14(17-13)19-5/h10-11H,6-9H2,1-5H3,(H,15,16,17). The van der Waals surface area contributed by atoms with Crippen molar-refractivity contribution >= 4 is 23.4 Å². The Morgan fingerprint density at radius 1 is 1.32 bits per heavy atom. The molecule has 0 aliphatic carbocycles. The molecule has 0 fully saturated rings. The van der Waals surface area contributed by atoms with Crippen molar-refractivity contribution in [2.45, 2.75) is 51.2 Å². The van der Waals surface area contributed by atoms with E-state index in [4.69, 9.17) is 0 Å². The predicted molar refractivity (Wildman–Crippen MR) is 85.4 cm³/mol. The second-order valence-corrected chi connectivity index (χ2v) is 5.62. The predicted octanol–water partition coefficient (Wildman–Crippen LogP) is 3.65. The summed E-state index contributed by atoms with van der Waals surface area (Å²) < 4.78 is 0. The minimum atomic E-state index is 0.450. The Labute approximate surface area is 121 Å². The Balaban J connectivity index is 2.93. The molecule has 1 N–H and O–H groups in total. The van der Waals surface area contributed by atoms with E-state index in [1.165, 1.54) is 19.3 Å². The van der Waals surface area contributed by atoms with Gasteiger partial charge in [-0.15, -0.1) is 0 Å². The lowest BCUT2D eigenvalue weighted by molar-refractivity contribution is 0.616. The number of aromatic nitrogens is 2. The summed E-state index contributed by atoms with van der Waals surface area (Å²) in [6.45, 7) is 7.71. The van der Waals surface area contributed by atoms with Crippen molar-refractivity contribution in [3.05, 3.63) is 6.07 Å². The van der Waals surface area contributed by atoms with Gasteiger partial charge in [0.1, 0.15) is 11.6 Å². The van der Waals surface area contributed by atoms with Crippen LogP contribution in [0, 0.1) is 0 Å². The first-order chi connectivity index (χ1) is 9.12. The monoisotopic (exact) mass is 282 g/mol. The molecule has 1 heterocycles. The van der Waals surface area contributed by atoms with Gasteiger partial charge in [0.25, 0.3) is 0 Å². The van der Waals surface area contributed by atoms with Crippen molar-refractivity contribution < 1.29 is 0 Å². The molecule has 0 radical (unpaired) electrons. The van der Waals surface area contributed by atoms with Crippen LogP contribution in [0.3, 0.4) is 0 Å². The first kappa shape index (κ1) is 16.1. The third-order valence-electron chi connectivity index (χ3n) is 3.05. The molecule has 0 spiro atoms. The fraction of sp³-hybridized carbons (Fsp3) is 0.714. The molecule has 0 amide bonds. The zero-order valence-corrected chi connectivity index (χ0v) is 13.5. The molecule has 19 heavy (non-hydrogen) atoms. The summed E-state index contributed by atoms with van der Waals surface area (Å²) in [5.74, 6) is 1.91. The van der Waals surface area contributed by atoms with Gasteiger partial charge in [-0.2, -0.15) is 0 Å². The maximum absolute atomic E-state index is 4.64. The number of anilines is 2. The van der Waals surface area contributed by atoms with Crippen LogP contribution in [-0.4, -0.2) is 35.9 Å². The van der Waals surface area contributed by atoms with Crippen LogP contribution >= 0.6 is 11.8 Å². The van der Waals surface area contributed by atoms with E-state index in [2.05, 4.69) is 41.0 Å². The Bertz CT molecular complexity index is 359. The Kier molecular flexibility index (Phi) is 6.99. The molecule has 5 heteroatoms. The highest BCUT2D eigenvalue weighted by Gasteiger charge is 2.14. The molecule has 0 aliphatic rings. The molecular formula is C14H26N4S. The summed E-state index contributed by atoms with van der Waals surface area (Å²) in [6.07, 6.45) is 5.73. The van der Waals surface area contributed by atoms with Gasteiger partial charge in [0.05, 0.1) is 0 Å². The van der Waals surface area contributed by atoms with Crippen LogP contribution in [0.5, 0.6) is 0 Å². The largest absolute Gasteiger partial charge is 0.373 e. The fourth-order valence-corrected chi connectivity index (χ4v) is 2.32. The van der Waals surface area contributed by atoms with E-state index < -0.39 is 0 Å². The van der Waals surface area contributed by atoms with E-state index in [1.807, 2.05) is 19.4 Å². The van der Waals surface area contributed by atoms with Crippen molar-refractivity contribution in [3.63, 3.8) is 0 Å². The Morgan fingerprint density at radius 2 is 2.05 bits per heavy atom. The van der Waals surface area contributed by atoms with Crippen molar-refractivity contribution in [3.8, 4) is 0 Å². The van der Waals surface area contributed by atoms with E-state index >= 15 is 0 Å². The fourth-order valence-electron chi connectivity index (χ4n) is 1.95. The van der Waals surface area contributed by atoms with Crippen molar-refractivity contribution in [1.29, 1.82) is 0 Å². The zero-order valence-electron chi connectivity index (χ0n) is 12.7. The summed E-state index contributed by atoms with van der Waals surface area (Å²) in [5.41, 5.74) is 0. The summed E-state index contributed by atoms with van der Waals surface area (Å²) in [5, 5.41) is 3.93. The smallest absolute Gasteiger partial charge is 0.191 e. The molecule has 0 bridgehead atoms. The minimum Gasteiger partial charge on any atom is -0.373 e. The van der Waals surface area contributed by atoms with Crippen molar-refractivity contribution in [1.82, 2.24) is 9.97 Å². The molecule has 0 aromatic carbocycles. The molecule has 1 aromatic heterocycles. The van der Waals surface area contributed by atoms with Crippen molar-refractivity contribution in [2.24, 2.45) is 0 Å². The highest BCUT2D eigenvalue weighted by Crippen LogP contribution is 2.22. The lowest BCUT2D eigenvalue weighted by Gasteiger charge is -2.28. The van der Waals surface area contributed by atoms with Crippen LogP contribution in [0.15, 0.2) is 11.2 Å². The molecule has 108 valence electrons. The van der Waals surface area contributed by atoms with E-state index in [0.717, 1.165) is 23.3 Å². The number of rotatable bonds is 8. The lowest BCUT2D eigenvalue weighted by Crippen LogP contribution is -2.32. The van der Waals surface area contributed by atoms with Crippen LogP contribution < -0.4 is 10.2 Å². The number of thioether (sulfide) groups is 1. The number of nitrogens with one attached hydrogen (secondary N) is 1. The van der Waals surface area contributed by atoms with Crippen LogP contribution in [0.25, 0.3) is 0 Å². The summed E-state index contributed by atoms with van der Waals surface area (Å²) in [6, 6.07) is 2.48. The highest BCUT2D eigenvalue weighted by molar-refractivity contribution is 7.98. The van der Waals surface area contributed by atoms with Gasteiger partial charge < -0.3 is 10.2 Å². The first-order valence-electron chi connectivity index (χ1n) is 6.99. The molecule has 1 rings (SSSR count). The van der Waals surface area contributed by atoms with E-state index in [9.17, 15) is 0 Å². The van der Waals surface area contributed by atoms with Gasteiger partial charge in [-0.25, -0.2) is 9.97 Å². The van der Waals surface area contributed by atoms with Crippen LogP contribution in [0.4, 0.5) is 11.6 Å². The second-order valence-electron chi connectivity index (χ2n) is 4.84. The number of nitrogens with zero attached hydrogens (tertiary/aromatic N) is 3. The van der Waals surface area contributed by atoms with Gasteiger partial charge in [0, 0.05) is 25.7 Å². The number of hydrogen-bond acceptors (Lipinski definition) is 5. The van der Waals surface area contributed by atoms with Gasteiger partial charge in [0.15, 0.2) is 5.16 Å². The summed E-state index contributed by atoms with van der Waals surface area (Å²) >= 11 is 1.58. The number of unbranched alkanes of at least 4 members (excludes halogenated alkanes) is 2. The van der Waals surface area contributed by atoms with Crippen LogP contribution in [-0.2, 0) is 0 Å². The van der Waals surface area contributed by atoms with Crippen LogP contribution in [0.2, 0.25) is 0 Å². The third-order valence-corrected chi connectivity index (χ3v) is 3.60. The van der Waals surface area contributed by atoms with E-state index in [0.29, 0.717) is 6.04 Å². The average Bonchev–Trinajstić information content (AvgIpc) is 2.42. The van der Waals surface area contributed by atoms with E-state index in [1.54, 1.807) is 11.8 Å². The molecule has 0 unspecified atom stereocenters.